The minimum atomic E-state index is -4.16. The summed E-state index contributed by atoms with van der Waals surface area (Å²) >= 11 is 0. The molecule has 0 aromatic heterocycles. The summed E-state index contributed by atoms with van der Waals surface area (Å²) in [5.74, 6) is -0.589. The molecule has 1 aromatic rings. The quantitative estimate of drug-likeness (QED) is 0.344. The molecular formula is C13H21ClN4O5S. The molecule has 24 heavy (non-hydrogen) atoms. The molecule has 1 rings (SSSR count). The summed E-state index contributed by atoms with van der Waals surface area (Å²) < 4.78 is 22.9. The van der Waals surface area contributed by atoms with E-state index in [1.807, 2.05) is 6.92 Å². The van der Waals surface area contributed by atoms with Crippen molar-refractivity contribution >= 4 is 34.0 Å². The van der Waals surface area contributed by atoms with Crippen LogP contribution in [0.2, 0.25) is 0 Å². The summed E-state index contributed by atoms with van der Waals surface area (Å²) in [5.41, 5.74) is -0.467. The number of carbonyl (C=O) groups is 1. The molecule has 0 aliphatic carbocycles. The SMILES string of the molecule is CCCNCCNC(=O)c1cc(S(N)(=O)=O)cc([N+](=O)[O-])c1C.Cl. The van der Waals surface area contributed by atoms with Gasteiger partial charge in [0.1, 0.15) is 0 Å². The lowest BCUT2D eigenvalue weighted by Crippen LogP contribution is -2.32. The number of primary sulfonamides is 1. The van der Waals surface area contributed by atoms with Crippen LogP contribution in [0, 0.1) is 17.0 Å². The average molecular weight is 381 g/mol. The fourth-order valence-corrected chi connectivity index (χ4v) is 2.48. The predicted octanol–water partition coefficient (Wildman–Crippen LogP) is 0.702. The van der Waals surface area contributed by atoms with E-state index in [4.69, 9.17) is 5.14 Å². The highest BCUT2D eigenvalue weighted by molar-refractivity contribution is 7.89. The van der Waals surface area contributed by atoms with Gasteiger partial charge in [-0.05, 0) is 26.0 Å². The van der Waals surface area contributed by atoms with Crippen molar-refractivity contribution in [2.24, 2.45) is 5.14 Å². The van der Waals surface area contributed by atoms with Gasteiger partial charge < -0.3 is 10.6 Å². The molecule has 0 bridgehead atoms. The third-order valence-electron chi connectivity index (χ3n) is 3.14. The van der Waals surface area contributed by atoms with Crippen molar-refractivity contribution < 1.29 is 18.1 Å². The number of nitro benzene ring substituents is 1. The van der Waals surface area contributed by atoms with Crippen molar-refractivity contribution in [2.75, 3.05) is 19.6 Å². The molecule has 0 saturated heterocycles. The normalized spacial score (nSPS) is 10.8. The van der Waals surface area contributed by atoms with Gasteiger partial charge in [-0.25, -0.2) is 13.6 Å². The Bertz CT molecular complexity index is 709. The van der Waals surface area contributed by atoms with Crippen LogP contribution in [0.15, 0.2) is 17.0 Å². The van der Waals surface area contributed by atoms with Crippen LogP contribution in [0.1, 0.15) is 29.3 Å². The smallest absolute Gasteiger partial charge is 0.274 e. The summed E-state index contributed by atoms with van der Waals surface area (Å²) in [6, 6.07) is 1.90. The number of amides is 1. The molecule has 0 aliphatic rings. The van der Waals surface area contributed by atoms with Crippen LogP contribution in [0.25, 0.3) is 0 Å². The van der Waals surface area contributed by atoms with Gasteiger partial charge in [0.25, 0.3) is 11.6 Å². The number of benzene rings is 1. The number of hydrogen-bond acceptors (Lipinski definition) is 6. The van der Waals surface area contributed by atoms with Crippen molar-refractivity contribution in [3.63, 3.8) is 0 Å². The lowest BCUT2D eigenvalue weighted by Gasteiger charge is -2.10. The second-order valence-electron chi connectivity index (χ2n) is 4.92. The monoisotopic (exact) mass is 380 g/mol. The zero-order valence-electron chi connectivity index (χ0n) is 13.4. The van der Waals surface area contributed by atoms with E-state index in [-0.39, 0.29) is 23.5 Å². The number of sulfonamides is 1. The largest absolute Gasteiger partial charge is 0.351 e. The maximum absolute atomic E-state index is 12.2. The van der Waals surface area contributed by atoms with E-state index in [9.17, 15) is 23.3 Å². The minimum absolute atomic E-state index is 0. The van der Waals surface area contributed by atoms with Crippen LogP contribution in [0.5, 0.6) is 0 Å². The Morgan fingerprint density at radius 3 is 2.42 bits per heavy atom. The van der Waals surface area contributed by atoms with E-state index in [1.54, 1.807) is 0 Å². The zero-order valence-corrected chi connectivity index (χ0v) is 15.0. The van der Waals surface area contributed by atoms with Gasteiger partial charge in [-0.1, -0.05) is 6.92 Å². The van der Waals surface area contributed by atoms with Crippen LogP contribution in [0.3, 0.4) is 0 Å². The molecule has 9 nitrogen and oxygen atoms in total. The van der Waals surface area contributed by atoms with Crippen LogP contribution in [-0.4, -0.2) is 38.9 Å². The Morgan fingerprint density at radius 2 is 1.92 bits per heavy atom. The molecule has 0 spiro atoms. The summed E-state index contributed by atoms with van der Waals surface area (Å²) in [6.07, 6.45) is 0.954. The first kappa shape index (κ1) is 22.2. The van der Waals surface area contributed by atoms with Crippen molar-refractivity contribution in [1.29, 1.82) is 0 Å². The number of nitro groups is 1. The molecule has 11 heteroatoms. The van der Waals surface area contributed by atoms with E-state index < -0.39 is 31.4 Å². The number of hydrogen-bond donors (Lipinski definition) is 3. The standard InChI is InChI=1S/C13H20N4O5S.ClH/c1-3-4-15-5-6-16-13(18)11-7-10(23(14,21)22)8-12(9(11)2)17(19)20;/h7-8,15H,3-6H2,1-2H3,(H,16,18)(H2,14,21,22);1H. The summed E-state index contributed by atoms with van der Waals surface area (Å²) in [6.45, 7) is 5.05. The molecule has 1 aromatic carbocycles. The molecule has 0 radical (unpaired) electrons. The number of halogens is 1. The fraction of sp³-hybridized carbons (Fsp3) is 0.462. The molecule has 0 aliphatic heterocycles. The summed E-state index contributed by atoms with van der Waals surface area (Å²) in [5, 5.41) is 21.7. The highest BCUT2D eigenvalue weighted by Crippen LogP contribution is 2.25. The van der Waals surface area contributed by atoms with E-state index >= 15 is 0 Å². The second-order valence-corrected chi connectivity index (χ2v) is 6.48. The van der Waals surface area contributed by atoms with Crippen LogP contribution >= 0.6 is 12.4 Å². The van der Waals surface area contributed by atoms with Gasteiger partial charge in [-0.15, -0.1) is 12.4 Å². The fourth-order valence-electron chi connectivity index (χ4n) is 1.92. The maximum Gasteiger partial charge on any atom is 0.274 e. The van der Waals surface area contributed by atoms with E-state index in [2.05, 4.69) is 10.6 Å². The van der Waals surface area contributed by atoms with E-state index in [1.165, 1.54) is 6.92 Å². The molecule has 0 fully saturated rings. The molecule has 0 unspecified atom stereocenters. The number of carbonyl (C=O) groups excluding carboxylic acids is 1. The Kier molecular flexibility index (Phi) is 8.83. The lowest BCUT2D eigenvalue weighted by atomic mass is 10.1. The highest BCUT2D eigenvalue weighted by Gasteiger charge is 2.23. The van der Waals surface area contributed by atoms with Crippen molar-refractivity contribution in [3.05, 3.63) is 33.4 Å². The molecule has 0 heterocycles. The molecule has 136 valence electrons. The second kappa shape index (κ2) is 9.52. The first-order chi connectivity index (χ1) is 10.7. The van der Waals surface area contributed by atoms with E-state index in [0.717, 1.165) is 25.1 Å². The van der Waals surface area contributed by atoms with Gasteiger partial charge in [0.15, 0.2) is 0 Å². The highest BCUT2D eigenvalue weighted by atomic mass is 35.5. The Morgan fingerprint density at radius 1 is 1.29 bits per heavy atom. The zero-order chi connectivity index (χ0) is 17.6. The first-order valence-corrected chi connectivity index (χ1v) is 8.53. The molecular weight excluding hydrogens is 360 g/mol. The third kappa shape index (κ3) is 6.04. The molecule has 4 N–H and O–H groups in total. The van der Waals surface area contributed by atoms with Crippen molar-refractivity contribution in [2.45, 2.75) is 25.2 Å². The van der Waals surface area contributed by atoms with Gasteiger partial charge >= 0.3 is 0 Å². The Balaban J connectivity index is 0.00000529. The lowest BCUT2D eigenvalue weighted by molar-refractivity contribution is -0.385. The Labute approximate surface area is 146 Å². The summed E-state index contributed by atoms with van der Waals surface area (Å²) in [7, 11) is -4.16. The van der Waals surface area contributed by atoms with Crippen LogP contribution in [-0.2, 0) is 10.0 Å². The van der Waals surface area contributed by atoms with Crippen LogP contribution < -0.4 is 15.8 Å². The van der Waals surface area contributed by atoms with Crippen LogP contribution in [0.4, 0.5) is 5.69 Å². The number of nitrogens with two attached hydrogens (primary N) is 1. The van der Waals surface area contributed by atoms with Gasteiger partial charge in [-0.3, -0.25) is 14.9 Å². The molecule has 1 amide bonds. The van der Waals surface area contributed by atoms with Gasteiger partial charge in [0, 0.05) is 24.7 Å². The van der Waals surface area contributed by atoms with Gasteiger partial charge in [-0.2, -0.15) is 0 Å². The topological polar surface area (TPSA) is 144 Å². The Hall–Kier alpha value is -1.75. The first-order valence-electron chi connectivity index (χ1n) is 6.99. The number of nitrogens with zero attached hydrogens (tertiary/aromatic N) is 1. The van der Waals surface area contributed by atoms with Crippen molar-refractivity contribution in [1.82, 2.24) is 10.6 Å². The molecule has 0 atom stereocenters. The van der Waals surface area contributed by atoms with Gasteiger partial charge in [0.2, 0.25) is 10.0 Å². The maximum atomic E-state index is 12.2. The van der Waals surface area contributed by atoms with Crippen molar-refractivity contribution in [3.8, 4) is 0 Å². The third-order valence-corrected chi connectivity index (χ3v) is 4.03. The molecule has 0 saturated carbocycles. The minimum Gasteiger partial charge on any atom is -0.351 e. The number of rotatable bonds is 8. The summed E-state index contributed by atoms with van der Waals surface area (Å²) in [4.78, 5) is 22.0. The number of nitrogens with one attached hydrogen (secondary N) is 2. The average Bonchev–Trinajstić information content (AvgIpc) is 2.45. The predicted molar refractivity (Wildman–Crippen MR) is 91.9 cm³/mol. The van der Waals surface area contributed by atoms with Gasteiger partial charge in [0.05, 0.1) is 15.4 Å². The van der Waals surface area contributed by atoms with E-state index in [0.29, 0.717) is 13.1 Å².